The van der Waals surface area contributed by atoms with Gasteiger partial charge in [-0.05, 0) is 230 Å². The zero-order valence-corrected chi connectivity index (χ0v) is 56.2. The molecule has 6 aromatic rings. The molecule has 0 saturated heterocycles. The van der Waals surface area contributed by atoms with Crippen LogP contribution in [0.25, 0.3) is 88.7 Å². The Hall–Kier alpha value is -9.61. The van der Waals surface area contributed by atoms with Crippen LogP contribution in [0.3, 0.4) is 0 Å². The highest BCUT2D eigenvalue weighted by Gasteiger charge is 2.30. The standard InChI is InChI=1S/C68H74N8O11.C5H11NO2/c1-29-41(13-17-61(79)80)53-28-56-44(16-20-64(85)86)32(4)48(72-56)24-59-68(36(8)52(76-59)25-58-65(37(9)77)33(5)49(73-58)21-45(29)69-53)40(12)87-39(11)67-35(7)50-22-46-30(2)42(14-18-62(81)82)54(70-46)27-55-43(15-19-63(83)84)31(3)47(71-55)23-57-66(38(10)78)34(6)51(74-57)26-60(67)75-50;1-3(2)4(6)5(7)8/h21-28,37-40,71-73,75,77-78H,13-20H2,1-12H3,(H,79,80)(H,81,82)(H,83,84)(H,85,86);3-4H,6H2,1-2H3,(H,7,8)/t;4-/m.0/s1. The van der Waals surface area contributed by atoms with Crippen molar-refractivity contribution in [1.29, 1.82) is 0 Å². The average molecular weight is 1300 g/mol. The van der Waals surface area contributed by atoms with Crippen molar-refractivity contribution >= 4 is 119 Å². The molecular weight excluding hydrogens is 1210 g/mol. The van der Waals surface area contributed by atoms with Crippen LogP contribution < -0.4 is 5.73 Å². The predicted octanol–water partition coefficient (Wildman–Crippen LogP) is 13.3. The van der Waals surface area contributed by atoms with Crippen LogP contribution in [0.2, 0.25) is 0 Å². The van der Waals surface area contributed by atoms with Crippen LogP contribution in [0, 0.1) is 33.6 Å². The second-order valence-electron chi connectivity index (χ2n) is 25.5. The maximum Gasteiger partial charge on any atom is 0.320 e. The first kappa shape index (κ1) is 69.7. The van der Waals surface area contributed by atoms with E-state index in [1.54, 1.807) is 27.7 Å². The fourth-order valence-electron chi connectivity index (χ4n) is 13.3. The van der Waals surface area contributed by atoms with Crippen LogP contribution in [-0.2, 0) is 41.6 Å². The van der Waals surface area contributed by atoms with Gasteiger partial charge in [-0.1, -0.05) is 13.8 Å². The normalized spacial score (nSPS) is 14.9. The lowest BCUT2D eigenvalue weighted by molar-refractivity contribution is -0.140. The molecule has 22 nitrogen and oxygen atoms in total. The third kappa shape index (κ3) is 14.6. The van der Waals surface area contributed by atoms with Gasteiger partial charge in [0, 0.05) is 92.1 Å². The summed E-state index contributed by atoms with van der Waals surface area (Å²) < 4.78 is 7.26. The highest BCUT2D eigenvalue weighted by Crippen LogP contribution is 2.43. The summed E-state index contributed by atoms with van der Waals surface area (Å²) in [4.78, 5) is 93.3. The molecule has 4 aliphatic rings. The first-order valence-corrected chi connectivity index (χ1v) is 31.9. The number of aliphatic hydroxyl groups excluding tert-OH is 2. The maximum absolute atomic E-state index is 12.2. The maximum atomic E-state index is 12.2. The molecule has 10 heterocycles. The number of aliphatic carboxylic acids is 5. The fraction of sp³-hybridized carbons (Fsp3) is 0.384. The number of aliphatic hydroxyl groups is 2. The summed E-state index contributed by atoms with van der Waals surface area (Å²) in [5.74, 6) is -4.72. The Bertz CT molecular complexity index is 4660. The van der Waals surface area contributed by atoms with Crippen LogP contribution in [0.15, 0.2) is 48.5 Å². The van der Waals surface area contributed by atoms with Gasteiger partial charge in [-0.15, -0.1) is 0 Å². The molecule has 5 atom stereocenters. The lowest BCUT2D eigenvalue weighted by Gasteiger charge is -2.22. The number of fused-ring (bicyclic) bond motifs is 16. The molecule has 0 spiro atoms. The van der Waals surface area contributed by atoms with Crippen molar-refractivity contribution in [2.75, 3.05) is 0 Å². The van der Waals surface area contributed by atoms with Gasteiger partial charge < -0.3 is 66.2 Å². The lowest BCUT2D eigenvalue weighted by Crippen LogP contribution is -2.34. The number of hydrogen-bond acceptors (Lipinski definition) is 13. The van der Waals surface area contributed by atoms with Crippen molar-refractivity contribution in [2.24, 2.45) is 11.7 Å². The smallest absolute Gasteiger partial charge is 0.320 e. The molecule has 13 N–H and O–H groups in total. The van der Waals surface area contributed by atoms with Crippen molar-refractivity contribution in [3.63, 3.8) is 0 Å². The van der Waals surface area contributed by atoms with Gasteiger partial charge in [0.1, 0.15) is 6.04 Å². The number of nitrogens with zero attached hydrogens (tertiary/aromatic N) is 4. The number of allylic oxidation sites excluding steroid dienone is 6. The van der Waals surface area contributed by atoms with Crippen molar-refractivity contribution in [1.82, 2.24) is 39.9 Å². The number of nitrogens with one attached hydrogen (secondary N) is 4. The Balaban J connectivity index is 0.00000124. The zero-order chi connectivity index (χ0) is 69.5. The summed E-state index contributed by atoms with van der Waals surface area (Å²) in [6, 6.07) is 14.6. The number of aryl methyl sites for hydroxylation is 6. The number of ether oxygens (including phenoxy) is 1. The topological polar surface area (TPSA) is 377 Å². The van der Waals surface area contributed by atoms with Gasteiger partial charge in [0.05, 0.1) is 70.0 Å². The van der Waals surface area contributed by atoms with E-state index in [0.29, 0.717) is 101 Å². The number of carboxylic acid groups (broad SMARTS) is 5. The summed E-state index contributed by atoms with van der Waals surface area (Å²) in [5, 5.41) is 70.4. The summed E-state index contributed by atoms with van der Waals surface area (Å²) in [6.07, 6.45) is -2.72. The molecule has 6 aromatic heterocycles. The third-order valence-corrected chi connectivity index (χ3v) is 18.7. The second-order valence-corrected chi connectivity index (χ2v) is 25.5. The first-order chi connectivity index (χ1) is 44.7. The molecule has 4 unspecified atom stereocenters. The molecule has 10 rings (SSSR count). The Morgan fingerprint density at radius 1 is 0.400 bits per heavy atom. The molecule has 0 aromatic carbocycles. The molecule has 16 bridgehead atoms. The number of aromatic amines is 4. The van der Waals surface area contributed by atoms with E-state index in [0.717, 1.165) is 78.0 Å². The Kier molecular flexibility index (Phi) is 20.7. The van der Waals surface area contributed by atoms with E-state index in [4.69, 9.17) is 35.5 Å². The quantitative estimate of drug-likeness (QED) is 0.0338. The largest absolute Gasteiger partial charge is 0.481 e. The minimum atomic E-state index is -0.958. The van der Waals surface area contributed by atoms with Gasteiger partial charge >= 0.3 is 29.8 Å². The van der Waals surface area contributed by atoms with E-state index >= 15 is 0 Å². The second kappa shape index (κ2) is 28.1. The third-order valence-electron chi connectivity index (χ3n) is 18.7. The fourth-order valence-corrected chi connectivity index (χ4v) is 13.3. The first-order valence-electron chi connectivity index (χ1n) is 31.9. The van der Waals surface area contributed by atoms with Crippen LogP contribution in [-0.4, -0.2) is 124 Å². The van der Waals surface area contributed by atoms with Crippen LogP contribution in [0.1, 0.15) is 210 Å². The number of nitrogens with two attached hydrogens (primary N) is 1. The summed E-state index contributed by atoms with van der Waals surface area (Å²) in [5.41, 5.74) is 27.6. The Morgan fingerprint density at radius 2 is 0.726 bits per heavy atom. The lowest BCUT2D eigenvalue weighted by atomic mass is 9.99. The number of carboxylic acids is 5. The van der Waals surface area contributed by atoms with E-state index in [9.17, 15) is 54.6 Å². The molecule has 4 aliphatic heterocycles. The Labute approximate surface area is 549 Å². The molecule has 22 heteroatoms. The molecule has 0 fully saturated rings. The number of carbonyl (C=O) groups is 5. The average Bonchev–Trinajstić information content (AvgIpc) is 1.62. The van der Waals surface area contributed by atoms with Gasteiger partial charge in [0.2, 0.25) is 0 Å². The molecule has 500 valence electrons. The van der Waals surface area contributed by atoms with Gasteiger partial charge in [-0.25, -0.2) is 19.9 Å². The monoisotopic (exact) mass is 1300 g/mol. The van der Waals surface area contributed by atoms with E-state index in [-0.39, 0.29) is 57.3 Å². The zero-order valence-electron chi connectivity index (χ0n) is 56.2. The van der Waals surface area contributed by atoms with E-state index in [1.807, 2.05) is 118 Å². The number of rotatable bonds is 20. The molecule has 0 amide bonds. The number of H-pyrrole nitrogens is 4. The van der Waals surface area contributed by atoms with E-state index < -0.39 is 60.3 Å². The highest BCUT2D eigenvalue weighted by atomic mass is 16.5. The van der Waals surface area contributed by atoms with Gasteiger partial charge in [0.15, 0.2) is 0 Å². The predicted molar refractivity (Wildman–Crippen MR) is 368 cm³/mol. The minimum absolute atomic E-state index is 0.0208. The highest BCUT2D eigenvalue weighted by molar-refractivity contribution is 5.99. The molecular formula is C73H85N9O13. The summed E-state index contributed by atoms with van der Waals surface area (Å²) >= 11 is 0. The van der Waals surface area contributed by atoms with Gasteiger partial charge in [-0.2, -0.15) is 0 Å². The van der Waals surface area contributed by atoms with E-state index in [2.05, 4.69) is 19.9 Å². The van der Waals surface area contributed by atoms with Crippen molar-refractivity contribution < 1.29 is 64.5 Å². The minimum Gasteiger partial charge on any atom is -0.481 e. The number of hydrogen-bond donors (Lipinski definition) is 12. The van der Waals surface area contributed by atoms with Gasteiger partial charge in [0.25, 0.3) is 0 Å². The van der Waals surface area contributed by atoms with Gasteiger partial charge in [-0.3, -0.25) is 24.0 Å². The van der Waals surface area contributed by atoms with Crippen molar-refractivity contribution in [2.45, 2.75) is 179 Å². The molecule has 95 heavy (non-hydrogen) atoms. The molecule has 0 radical (unpaired) electrons. The van der Waals surface area contributed by atoms with Crippen LogP contribution in [0.5, 0.6) is 0 Å². The Morgan fingerprint density at radius 3 is 1.12 bits per heavy atom. The summed E-state index contributed by atoms with van der Waals surface area (Å²) in [7, 11) is 0. The van der Waals surface area contributed by atoms with Crippen molar-refractivity contribution in [3.05, 3.63) is 139 Å². The van der Waals surface area contributed by atoms with Crippen LogP contribution >= 0.6 is 0 Å². The summed E-state index contributed by atoms with van der Waals surface area (Å²) in [6.45, 7) is 26.5. The molecule has 0 aliphatic carbocycles. The molecule has 0 saturated carbocycles. The van der Waals surface area contributed by atoms with Crippen LogP contribution in [0.4, 0.5) is 0 Å². The number of aromatic nitrogens is 8. The van der Waals surface area contributed by atoms with E-state index in [1.165, 1.54) is 0 Å². The SMILES string of the molecule is CC(C)[C@H](N)C(=O)O.CC1=C(CCC(=O)O)c2cc3[nH]c(cc4nc(cc5[nH]c(cc1n2)c(C)c5C(C)OC(C)C1=C(C)c2cc5[nH]c(cc6nc(cc7[nH]c(cc1n2)c(C)c7CCC(=O)O)C(CCC(=O)O)=C6C)c(C)c5C(C)O)C(C)=C4C(C)O)c(C)c3CCC(=O)O. The van der Waals surface area contributed by atoms with Crippen molar-refractivity contribution in [3.8, 4) is 0 Å².